The fraction of sp³-hybridized carbons (Fsp3) is 0.143. The van der Waals surface area contributed by atoms with Gasteiger partial charge in [-0.25, -0.2) is 4.99 Å². The zero-order valence-electron chi connectivity index (χ0n) is 10.1. The van der Waals surface area contributed by atoms with Crippen LogP contribution in [0.15, 0.2) is 47.7 Å². The Kier molecular flexibility index (Phi) is 2.57. The van der Waals surface area contributed by atoms with E-state index >= 15 is 0 Å². The van der Waals surface area contributed by atoms with E-state index in [1.807, 2.05) is 42.2 Å². The molecule has 1 aliphatic heterocycles. The topological polar surface area (TPSA) is 54.5 Å². The zero-order valence-corrected chi connectivity index (χ0v) is 10.1. The molecule has 1 unspecified atom stereocenters. The molecule has 0 fully saturated rings. The van der Waals surface area contributed by atoms with Crippen LogP contribution in [-0.4, -0.2) is 11.3 Å². The van der Waals surface area contributed by atoms with Crippen molar-refractivity contribution in [2.24, 2.45) is 10.7 Å². The van der Waals surface area contributed by atoms with Gasteiger partial charge in [-0.2, -0.15) is 0 Å². The van der Waals surface area contributed by atoms with Crippen molar-refractivity contribution in [2.45, 2.75) is 13.1 Å². The van der Waals surface area contributed by atoms with Gasteiger partial charge in [0.15, 0.2) is 0 Å². The number of para-hydroxylation sites is 1. The van der Waals surface area contributed by atoms with Gasteiger partial charge in [0.25, 0.3) is 0 Å². The van der Waals surface area contributed by atoms with Crippen molar-refractivity contribution >= 4 is 17.7 Å². The molecule has 2 heterocycles. The molecular weight excluding hydrogens is 224 g/mol. The van der Waals surface area contributed by atoms with Gasteiger partial charge in [-0.05, 0) is 24.6 Å². The Morgan fingerprint density at radius 1 is 1.22 bits per heavy atom. The van der Waals surface area contributed by atoms with Crippen molar-refractivity contribution < 1.29 is 0 Å². The van der Waals surface area contributed by atoms with Crippen LogP contribution < -0.4 is 10.6 Å². The molecule has 1 aromatic heterocycles. The van der Waals surface area contributed by atoms with Gasteiger partial charge in [-0.15, -0.1) is 0 Å². The van der Waals surface area contributed by atoms with E-state index in [9.17, 15) is 0 Å². The Balaban J connectivity index is 2.06. The zero-order chi connectivity index (χ0) is 12.5. The first-order valence-corrected chi connectivity index (χ1v) is 5.85. The monoisotopic (exact) mass is 238 g/mol. The van der Waals surface area contributed by atoms with Crippen LogP contribution in [0.2, 0.25) is 0 Å². The van der Waals surface area contributed by atoms with Gasteiger partial charge in [-0.3, -0.25) is 4.98 Å². The molecule has 1 aliphatic rings. The largest absolute Gasteiger partial charge is 0.311 e. The summed E-state index contributed by atoms with van der Waals surface area (Å²) < 4.78 is 0. The molecular formula is C14H14N4. The van der Waals surface area contributed by atoms with Gasteiger partial charge in [0.1, 0.15) is 6.17 Å². The highest BCUT2D eigenvalue weighted by Gasteiger charge is 2.22. The van der Waals surface area contributed by atoms with Crippen molar-refractivity contribution in [2.75, 3.05) is 4.90 Å². The molecule has 1 atom stereocenters. The summed E-state index contributed by atoms with van der Waals surface area (Å²) in [5.41, 5.74) is 10.4. The molecule has 0 aliphatic carbocycles. The molecule has 0 spiro atoms. The first kappa shape index (κ1) is 10.9. The standard InChI is InChI=1S/C14H14N4/c1-10-4-2-6-12-13(10)17-9-18(14(12)15)11-5-3-7-16-8-11/h2-9,14H,15H2,1H3. The van der Waals surface area contributed by atoms with Crippen LogP contribution in [0.1, 0.15) is 17.3 Å². The van der Waals surface area contributed by atoms with Crippen LogP contribution in [-0.2, 0) is 0 Å². The highest BCUT2D eigenvalue weighted by molar-refractivity contribution is 5.85. The molecule has 0 radical (unpaired) electrons. The molecule has 3 rings (SSSR count). The summed E-state index contributed by atoms with van der Waals surface area (Å²) in [7, 11) is 0. The average Bonchev–Trinajstić information content (AvgIpc) is 2.41. The second kappa shape index (κ2) is 4.23. The number of hydrogen-bond donors (Lipinski definition) is 1. The predicted molar refractivity (Wildman–Crippen MR) is 73.0 cm³/mol. The Morgan fingerprint density at radius 3 is 2.89 bits per heavy atom. The van der Waals surface area contributed by atoms with E-state index in [0.717, 1.165) is 22.5 Å². The minimum atomic E-state index is -0.221. The van der Waals surface area contributed by atoms with Gasteiger partial charge in [0.2, 0.25) is 0 Å². The van der Waals surface area contributed by atoms with Crippen LogP contribution in [0, 0.1) is 6.92 Å². The van der Waals surface area contributed by atoms with Gasteiger partial charge < -0.3 is 10.6 Å². The Hall–Kier alpha value is -2.20. The number of nitrogens with two attached hydrogens (primary N) is 1. The summed E-state index contributed by atoms with van der Waals surface area (Å²) in [6.07, 6.45) is 5.08. The van der Waals surface area contributed by atoms with E-state index < -0.39 is 0 Å². The maximum Gasteiger partial charge on any atom is 0.111 e. The number of nitrogens with zero attached hydrogens (tertiary/aromatic N) is 3. The van der Waals surface area contributed by atoms with Gasteiger partial charge in [-0.1, -0.05) is 18.2 Å². The van der Waals surface area contributed by atoms with Crippen molar-refractivity contribution in [3.63, 3.8) is 0 Å². The van der Waals surface area contributed by atoms with Crippen molar-refractivity contribution in [1.29, 1.82) is 0 Å². The minimum absolute atomic E-state index is 0.221. The highest BCUT2D eigenvalue weighted by Crippen LogP contribution is 2.34. The molecule has 4 heteroatoms. The fourth-order valence-corrected chi connectivity index (χ4v) is 2.17. The molecule has 18 heavy (non-hydrogen) atoms. The van der Waals surface area contributed by atoms with Gasteiger partial charge in [0, 0.05) is 11.8 Å². The summed E-state index contributed by atoms with van der Waals surface area (Å²) in [5.74, 6) is 0. The molecule has 90 valence electrons. The van der Waals surface area contributed by atoms with Gasteiger partial charge in [0.05, 0.1) is 23.9 Å². The van der Waals surface area contributed by atoms with Crippen LogP contribution in [0.5, 0.6) is 0 Å². The van der Waals surface area contributed by atoms with E-state index in [-0.39, 0.29) is 6.17 Å². The van der Waals surface area contributed by atoms with E-state index in [1.165, 1.54) is 0 Å². The molecule has 2 aromatic rings. The lowest BCUT2D eigenvalue weighted by molar-refractivity contribution is 0.747. The maximum absolute atomic E-state index is 6.30. The van der Waals surface area contributed by atoms with Crippen molar-refractivity contribution in [3.05, 3.63) is 53.9 Å². The van der Waals surface area contributed by atoms with Crippen LogP contribution in [0.3, 0.4) is 0 Å². The Labute approximate surface area is 106 Å². The molecule has 0 bridgehead atoms. The Morgan fingerprint density at radius 2 is 2.11 bits per heavy atom. The van der Waals surface area contributed by atoms with Crippen molar-refractivity contribution in [3.8, 4) is 0 Å². The Bertz CT molecular complexity index is 592. The lowest BCUT2D eigenvalue weighted by Crippen LogP contribution is -2.35. The summed E-state index contributed by atoms with van der Waals surface area (Å²) in [4.78, 5) is 10.5. The number of hydrogen-bond acceptors (Lipinski definition) is 4. The summed E-state index contributed by atoms with van der Waals surface area (Å²) >= 11 is 0. The summed E-state index contributed by atoms with van der Waals surface area (Å²) in [6.45, 7) is 2.04. The number of anilines is 1. The number of aromatic nitrogens is 1. The van der Waals surface area contributed by atoms with E-state index in [2.05, 4.69) is 9.98 Å². The highest BCUT2D eigenvalue weighted by atomic mass is 15.3. The predicted octanol–water partition coefficient (Wildman–Crippen LogP) is 2.53. The number of fused-ring (bicyclic) bond motifs is 1. The number of rotatable bonds is 1. The SMILES string of the molecule is Cc1cccc2c1N=CN(c1cccnc1)C2N. The quantitative estimate of drug-likeness (QED) is 0.830. The number of benzene rings is 1. The van der Waals surface area contributed by atoms with Crippen LogP contribution >= 0.6 is 0 Å². The molecule has 0 amide bonds. The second-order valence-corrected chi connectivity index (χ2v) is 4.32. The van der Waals surface area contributed by atoms with Crippen LogP contribution in [0.4, 0.5) is 11.4 Å². The van der Waals surface area contributed by atoms with Gasteiger partial charge >= 0.3 is 0 Å². The molecule has 0 saturated heterocycles. The normalized spacial score (nSPS) is 17.7. The molecule has 0 saturated carbocycles. The third-order valence-electron chi connectivity index (χ3n) is 3.14. The van der Waals surface area contributed by atoms with Crippen molar-refractivity contribution in [1.82, 2.24) is 4.98 Å². The third-order valence-corrected chi connectivity index (χ3v) is 3.14. The lowest BCUT2D eigenvalue weighted by Gasteiger charge is -2.31. The molecule has 1 aromatic carbocycles. The second-order valence-electron chi connectivity index (χ2n) is 4.32. The summed E-state index contributed by atoms with van der Waals surface area (Å²) in [6, 6.07) is 9.94. The van der Waals surface area contributed by atoms with E-state index in [1.54, 1.807) is 18.7 Å². The average molecular weight is 238 g/mol. The molecule has 4 nitrogen and oxygen atoms in total. The number of aliphatic imine (C=N–C) groups is 1. The number of aryl methyl sites for hydroxylation is 1. The maximum atomic E-state index is 6.30. The third kappa shape index (κ3) is 1.67. The number of pyridine rings is 1. The van der Waals surface area contributed by atoms with Crippen LogP contribution in [0.25, 0.3) is 0 Å². The first-order valence-electron chi connectivity index (χ1n) is 5.85. The summed E-state index contributed by atoms with van der Waals surface area (Å²) in [5, 5.41) is 0. The fourth-order valence-electron chi connectivity index (χ4n) is 2.17. The first-order chi connectivity index (χ1) is 8.77. The minimum Gasteiger partial charge on any atom is -0.311 e. The lowest BCUT2D eigenvalue weighted by atomic mass is 10.0. The smallest absolute Gasteiger partial charge is 0.111 e. The van der Waals surface area contributed by atoms with E-state index in [4.69, 9.17) is 5.73 Å². The van der Waals surface area contributed by atoms with E-state index in [0.29, 0.717) is 0 Å². The molecule has 2 N–H and O–H groups in total.